The molecule has 0 aliphatic heterocycles. The fourth-order valence-corrected chi connectivity index (χ4v) is 3.41. The van der Waals surface area contributed by atoms with Crippen LogP contribution in [0, 0.1) is 11.6 Å². The van der Waals surface area contributed by atoms with Gasteiger partial charge in [-0.25, -0.2) is 8.78 Å². The fraction of sp³-hybridized carbons (Fsp3) is 0.267. The Kier molecular flexibility index (Phi) is 6.42. The lowest BCUT2D eigenvalue weighted by molar-refractivity contribution is 0.101. The fourth-order valence-electron chi connectivity index (χ4n) is 2.17. The second kappa shape index (κ2) is 8.21. The van der Waals surface area contributed by atoms with Crippen molar-refractivity contribution in [3.8, 4) is 0 Å². The standard InChI is InChI=1S/C15H18ClF2N5O3S/c1-8(2)21-27(25,26)22-20-12-7-23(3)14(13(12)16)15(24)19-9-4-5-10(17)11(18)6-9/h4-8,20-22H,1-3H3,(H,19,24). The molecular formula is C15H18ClF2N5O3S. The van der Waals surface area contributed by atoms with E-state index >= 15 is 0 Å². The van der Waals surface area contributed by atoms with Gasteiger partial charge in [-0.15, -0.1) is 4.83 Å². The smallest absolute Gasteiger partial charge is 0.294 e. The molecule has 0 radical (unpaired) electrons. The highest BCUT2D eigenvalue weighted by Gasteiger charge is 2.21. The summed E-state index contributed by atoms with van der Waals surface area (Å²) in [6.45, 7) is 3.30. The summed E-state index contributed by atoms with van der Waals surface area (Å²) in [5.74, 6) is -2.84. The Bertz CT molecular complexity index is 963. The molecule has 27 heavy (non-hydrogen) atoms. The van der Waals surface area contributed by atoms with Crippen LogP contribution in [-0.4, -0.2) is 24.9 Å². The monoisotopic (exact) mass is 421 g/mol. The minimum atomic E-state index is -3.83. The van der Waals surface area contributed by atoms with E-state index in [9.17, 15) is 22.0 Å². The molecule has 0 aliphatic rings. The Morgan fingerprint density at radius 3 is 2.48 bits per heavy atom. The second-order valence-electron chi connectivity index (χ2n) is 5.90. The highest BCUT2D eigenvalue weighted by Crippen LogP contribution is 2.28. The van der Waals surface area contributed by atoms with Crippen LogP contribution in [0.2, 0.25) is 5.02 Å². The van der Waals surface area contributed by atoms with Gasteiger partial charge in [0.1, 0.15) is 5.69 Å². The largest absolute Gasteiger partial charge is 0.343 e. The van der Waals surface area contributed by atoms with Crippen molar-refractivity contribution in [1.82, 2.24) is 14.1 Å². The quantitative estimate of drug-likeness (QED) is 0.515. The van der Waals surface area contributed by atoms with E-state index in [0.717, 1.165) is 12.1 Å². The number of halogens is 3. The third kappa shape index (κ3) is 5.39. The molecule has 0 spiro atoms. The molecule has 1 aromatic carbocycles. The molecule has 8 nitrogen and oxygen atoms in total. The lowest BCUT2D eigenvalue weighted by Crippen LogP contribution is -2.42. The minimum absolute atomic E-state index is 0.0140. The molecule has 12 heteroatoms. The van der Waals surface area contributed by atoms with Crippen LogP contribution in [0.25, 0.3) is 0 Å². The summed E-state index contributed by atoms with van der Waals surface area (Å²) in [6, 6.07) is 2.57. The molecule has 0 saturated heterocycles. The van der Waals surface area contributed by atoms with Crippen molar-refractivity contribution < 1.29 is 22.0 Å². The van der Waals surface area contributed by atoms with E-state index in [2.05, 4.69) is 20.3 Å². The first-order valence-corrected chi connectivity index (χ1v) is 9.52. The number of hydrogen-bond donors (Lipinski definition) is 4. The van der Waals surface area contributed by atoms with E-state index in [0.29, 0.717) is 0 Å². The van der Waals surface area contributed by atoms with E-state index in [1.54, 1.807) is 13.8 Å². The molecule has 4 N–H and O–H groups in total. The number of carbonyl (C=O) groups excluding carboxylic acids is 1. The van der Waals surface area contributed by atoms with E-state index in [4.69, 9.17) is 11.6 Å². The third-order valence-electron chi connectivity index (χ3n) is 3.22. The Labute approximate surface area is 160 Å². The number of nitrogens with one attached hydrogen (secondary N) is 4. The van der Waals surface area contributed by atoms with Crippen LogP contribution in [0.5, 0.6) is 0 Å². The van der Waals surface area contributed by atoms with Gasteiger partial charge in [-0.05, 0) is 26.0 Å². The van der Waals surface area contributed by atoms with Crippen LogP contribution < -0.4 is 20.3 Å². The minimum Gasteiger partial charge on any atom is -0.343 e. The van der Waals surface area contributed by atoms with Crippen LogP contribution in [-0.2, 0) is 17.3 Å². The lowest BCUT2D eigenvalue weighted by atomic mass is 10.3. The lowest BCUT2D eigenvalue weighted by Gasteiger charge is -2.11. The number of aryl methyl sites for hydroxylation is 1. The normalized spacial score (nSPS) is 11.7. The number of carbonyl (C=O) groups is 1. The van der Waals surface area contributed by atoms with Gasteiger partial charge in [0.2, 0.25) is 0 Å². The first-order chi connectivity index (χ1) is 12.5. The number of aromatic nitrogens is 1. The van der Waals surface area contributed by atoms with E-state index < -0.39 is 27.8 Å². The number of hydrogen-bond acceptors (Lipinski definition) is 4. The number of rotatable bonds is 7. The van der Waals surface area contributed by atoms with Gasteiger partial charge in [-0.2, -0.15) is 13.1 Å². The Morgan fingerprint density at radius 2 is 1.89 bits per heavy atom. The van der Waals surface area contributed by atoms with E-state index in [1.165, 1.54) is 23.9 Å². The molecule has 0 saturated carbocycles. The average molecular weight is 422 g/mol. The van der Waals surface area contributed by atoms with Crippen molar-refractivity contribution >= 4 is 39.1 Å². The zero-order chi connectivity index (χ0) is 20.4. The van der Waals surface area contributed by atoms with Gasteiger partial charge >= 0.3 is 0 Å². The van der Waals surface area contributed by atoms with Crippen LogP contribution in [0.1, 0.15) is 24.3 Å². The predicted octanol–water partition coefficient (Wildman–Crippen LogP) is 2.37. The van der Waals surface area contributed by atoms with Gasteiger partial charge in [0.25, 0.3) is 16.1 Å². The molecule has 1 heterocycles. The molecule has 2 aromatic rings. The molecule has 0 bridgehead atoms. The first-order valence-electron chi connectivity index (χ1n) is 7.66. The van der Waals surface area contributed by atoms with E-state index in [1.807, 2.05) is 0 Å². The number of hydrazine groups is 1. The Morgan fingerprint density at radius 1 is 1.22 bits per heavy atom. The molecule has 0 atom stereocenters. The van der Waals surface area contributed by atoms with E-state index in [-0.39, 0.29) is 28.1 Å². The highest BCUT2D eigenvalue weighted by atomic mass is 35.5. The van der Waals surface area contributed by atoms with Gasteiger partial charge in [-0.3, -0.25) is 4.79 Å². The van der Waals surface area contributed by atoms with Crippen molar-refractivity contribution in [2.24, 2.45) is 7.05 Å². The van der Waals surface area contributed by atoms with Crippen molar-refractivity contribution in [2.75, 3.05) is 10.7 Å². The zero-order valence-electron chi connectivity index (χ0n) is 14.6. The number of amides is 1. The highest BCUT2D eigenvalue weighted by molar-refractivity contribution is 7.87. The topological polar surface area (TPSA) is 104 Å². The maximum Gasteiger partial charge on any atom is 0.294 e. The first kappa shape index (κ1) is 21.1. The van der Waals surface area contributed by atoms with Crippen LogP contribution in [0.4, 0.5) is 20.2 Å². The van der Waals surface area contributed by atoms with Crippen LogP contribution >= 0.6 is 11.6 Å². The Hall–Kier alpha value is -2.21. The summed E-state index contributed by atoms with van der Waals surface area (Å²) in [5.41, 5.74) is 2.56. The molecule has 0 fully saturated rings. The number of nitrogens with zero attached hydrogens (tertiary/aromatic N) is 1. The van der Waals surface area contributed by atoms with Gasteiger partial charge in [0.05, 0.1) is 10.7 Å². The average Bonchev–Trinajstić information content (AvgIpc) is 2.82. The molecule has 1 amide bonds. The van der Waals surface area contributed by atoms with Crippen LogP contribution in [0.15, 0.2) is 24.4 Å². The number of benzene rings is 1. The van der Waals surface area contributed by atoms with Crippen molar-refractivity contribution in [1.29, 1.82) is 0 Å². The summed E-state index contributed by atoms with van der Waals surface area (Å²) in [6.07, 6.45) is 1.39. The molecule has 1 aromatic heterocycles. The molecule has 0 aliphatic carbocycles. The van der Waals surface area contributed by atoms with Crippen molar-refractivity contribution in [3.05, 3.63) is 46.7 Å². The summed E-state index contributed by atoms with van der Waals surface area (Å²) in [7, 11) is -2.32. The SMILES string of the molecule is CC(C)NS(=O)(=O)NNc1cn(C)c(C(=O)Nc2ccc(F)c(F)c2)c1Cl. The summed E-state index contributed by atoms with van der Waals surface area (Å²) in [5, 5.41) is 2.33. The maximum atomic E-state index is 13.3. The zero-order valence-corrected chi connectivity index (χ0v) is 16.2. The summed E-state index contributed by atoms with van der Waals surface area (Å²) < 4.78 is 53.4. The molecule has 2 rings (SSSR count). The molecular weight excluding hydrogens is 404 g/mol. The van der Waals surface area contributed by atoms with Crippen LogP contribution in [0.3, 0.4) is 0 Å². The van der Waals surface area contributed by atoms with Gasteiger partial charge in [-0.1, -0.05) is 11.6 Å². The van der Waals surface area contributed by atoms with Gasteiger partial charge in [0.15, 0.2) is 11.6 Å². The molecule has 0 unspecified atom stereocenters. The van der Waals surface area contributed by atoms with Crippen molar-refractivity contribution in [2.45, 2.75) is 19.9 Å². The van der Waals surface area contributed by atoms with Gasteiger partial charge < -0.3 is 15.3 Å². The Balaban J connectivity index is 2.16. The summed E-state index contributed by atoms with van der Waals surface area (Å²) >= 11 is 6.15. The summed E-state index contributed by atoms with van der Waals surface area (Å²) in [4.78, 5) is 14.5. The maximum absolute atomic E-state index is 13.3. The molecule has 148 valence electrons. The van der Waals surface area contributed by atoms with Gasteiger partial charge in [0, 0.05) is 31.0 Å². The van der Waals surface area contributed by atoms with Crippen molar-refractivity contribution in [3.63, 3.8) is 0 Å². The second-order valence-corrected chi connectivity index (χ2v) is 7.73. The third-order valence-corrected chi connectivity index (χ3v) is 4.76. The number of anilines is 2. The predicted molar refractivity (Wildman–Crippen MR) is 98.7 cm³/mol.